The predicted octanol–water partition coefficient (Wildman–Crippen LogP) is 7.67. The minimum absolute atomic E-state index is 0.0427. The van der Waals surface area contributed by atoms with E-state index < -0.39 is 23.1 Å². The lowest BCUT2D eigenvalue weighted by atomic mass is 9.73. The van der Waals surface area contributed by atoms with Gasteiger partial charge in [0.15, 0.2) is 11.6 Å². The molecule has 1 aromatic carbocycles. The monoisotopic (exact) mass is 668 g/mol. The Balaban J connectivity index is 1.12. The molecule has 3 N–H and O–H groups in total. The van der Waals surface area contributed by atoms with Gasteiger partial charge in [0.1, 0.15) is 5.75 Å². The molecule has 0 radical (unpaired) electrons. The number of hydrogen-bond acceptors (Lipinski definition) is 5. The van der Waals surface area contributed by atoms with Crippen molar-refractivity contribution in [3.63, 3.8) is 0 Å². The zero-order chi connectivity index (χ0) is 33.8. The van der Waals surface area contributed by atoms with Crippen LogP contribution in [0, 0.1) is 46.7 Å². The number of benzene rings is 1. The molecule has 0 saturated heterocycles. The average molecular weight is 669 g/mol. The van der Waals surface area contributed by atoms with E-state index >= 15 is 4.39 Å². The number of hydrogen-bond donors (Lipinski definition) is 3. The number of fused-ring (bicyclic) bond motifs is 2. The van der Waals surface area contributed by atoms with E-state index in [-0.39, 0.29) is 52.9 Å². The largest absolute Gasteiger partial charge is 0.496 e. The van der Waals surface area contributed by atoms with E-state index in [0.717, 1.165) is 31.7 Å². The van der Waals surface area contributed by atoms with Gasteiger partial charge in [-0.3, -0.25) is 14.4 Å². The van der Waals surface area contributed by atoms with Gasteiger partial charge in [-0.05, 0) is 93.9 Å². The van der Waals surface area contributed by atoms with Gasteiger partial charge in [0.05, 0.1) is 30.1 Å². The molecule has 2 amide bonds. The lowest BCUT2D eigenvalue weighted by Gasteiger charge is -2.35. The molecule has 0 aromatic heterocycles. The highest BCUT2D eigenvalue weighted by Crippen LogP contribution is 2.49. The Hall–Kier alpha value is -2.84. The van der Waals surface area contributed by atoms with Gasteiger partial charge >= 0.3 is 5.97 Å². The van der Waals surface area contributed by atoms with Crippen LogP contribution in [0.2, 0.25) is 0 Å². The fraction of sp³-hybridized carbons (Fsp3) is 0.769. The molecule has 48 heavy (non-hydrogen) atoms. The number of carbonyl (C=O) groups excluding carboxylic acids is 2. The van der Waals surface area contributed by atoms with Crippen LogP contribution in [0.5, 0.6) is 11.5 Å². The number of amides is 2. The van der Waals surface area contributed by atoms with E-state index in [2.05, 4.69) is 10.6 Å². The second-order valence-corrected chi connectivity index (χ2v) is 16.2. The molecule has 9 heteroatoms. The van der Waals surface area contributed by atoms with E-state index in [4.69, 9.17) is 9.47 Å². The Morgan fingerprint density at radius 2 is 1.58 bits per heavy atom. The Morgan fingerprint density at radius 3 is 2.25 bits per heavy atom. The fourth-order valence-electron chi connectivity index (χ4n) is 10.1. The fourth-order valence-corrected chi connectivity index (χ4v) is 10.1. The molecule has 0 spiro atoms. The Labute approximate surface area is 285 Å². The Kier molecular flexibility index (Phi) is 11.2. The van der Waals surface area contributed by atoms with E-state index in [9.17, 15) is 19.5 Å². The summed E-state index contributed by atoms with van der Waals surface area (Å²) in [5.41, 5.74) is -0.634. The van der Waals surface area contributed by atoms with Crippen molar-refractivity contribution in [1.29, 1.82) is 0 Å². The normalized spacial score (nSPS) is 31.6. The molecule has 1 aromatic rings. The topological polar surface area (TPSA) is 114 Å². The molecule has 5 aliphatic carbocycles. The Bertz CT molecular complexity index is 1300. The molecule has 6 rings (SSSR count). The molecule has 5 fully saturated rings. The number of methoxy groups -OCH3 is 1. The summed E-state index contributed by atoms with van der Waals surface area (Å²) >= 11 is 0. The highest BCUT2D eigenvalue weighted by molar-refractivity contribution is 5.98. The van der Waals surface area contributed by atoms with Crippen LogP contribution in [0.3, 0.4) is 0 Å². The van der Waals surface area contributed by atoms with Crippen LogP contribution in [-0.4, -0.2) is 48.7 Å². The number of carbonyl (C=O) groups is 3. The summed E-state index contributed by atoms with van der Waals surface area (Å²) < 4.78 is 26.6. The lowest BCUT2D eigenvalue weighted by molar-refractivity contribution is -0.150. The van der Waals surface area contributed by atoms with E-state index in [0.29, 0.717) is 37.5 Å². The second kappa shape index (κ2) is 15.4. The van der Waals surface area contributed by atoms with Crippen molar-refractivity contribution in [2.45, 2.75) is 135 Å². The summed E-state index contributed by atoms with van der Waals surface area (Å²) in [5, 5.41) is 16.2. The summed E-state index contributed by atoms with van der Waals surface area (Å²) in [6, 6.07) is 2.29. The molecule has 0 aliphatic heterocycles. The standard InChI is InChI=1S/C39H57FN2O6/c1-39(38(45)46)17-15-29(16-18-39)48-33-21-30(32(47-2)22-31(33)40)36(43)42-35-27-14-13-26(20-27)34(35)37(44)41-23-28(25-11-7-4-8-12-25)19-24-9-5-3-6-10-24/h21-22,24-29,34-35H,3-20,23H2,1-2H3,(H,41,44)(H,42,43)(H,45,46)/t26-,27+,28?,29?,34+,35-,39?/m1/s1. The van der Waals surface area contributed by atoms with Crippen LogP contribution < -0.4 is 20.1 Å². The smallest absolute Gasteiger partial charge is 0.309 e. The van der Waals surface area contributed by atoms with Gasteiger partial charge in [0.2, 0.25) is 5.91 Å². The third kappa shape index (κ3) is 7.80. The van der Waals surface area contributed by atoms with Crippen LogP contribution in [-0.2, 0) is 9.59 Å². The number of nitrogens with one attached hydrogen (secondary N) is 2. The number of carboxylic acids is 1. The van der Waals surface area contributed by atoms with Crippen molar-refractivity contribution in [2.24, 2.45) is 40.9 Å². The maximum absolute atomic E-state index is 15.2. The first-order chi connectivity index (χ1) is 23.1. The van der Waals surface area contributed by atoms with Crippen molar-refractivity contribution in [3.8, 4) is 11.5 Å². The lowest BCUT2D eigenvalue weighted by Crippen LogP contribution is -2.50. The van der Waals surface area contributed by atoms with Crippen molar-refractivity contribution >= 4 is 17.8 Å². The van der Waals surface area contributed by atoms with Gasteiger partial charge in [-0.2, -0.15) is 0 Å². The first kappa shape index (κ1) is 35.0. The SMILES string of the molecule is COc1cc(F)c(OC2CCC(C)(C(=O)O)CC2)cc1C(=O)N[C@@H]1[C@H]2CC[C@H](C2)[C@@H]1C(=O)NCC(CC1CCCCC1)C1CCCCC1. The zero-order valence-corrected chi connectivity index (χ0v) is 29.1. The summed E-state index contributed by atoms with van der Waals surface area (Å²) in [4.78, 5) is 39.5. The van der Waals surface area contributed by atoms with E-state index in [1.807, 2.05) is 0 Å². The van der Waals surface area contributed by atoms with Crippen LogP contribution >= 0.6 is 0 Å². The number of ether oxygens (including phenoxy) is 2. The number of aliphatic carboxylic acids is 1. The quantitative estimate of drug-likeness (QED) is 0.211. The molecule has 266 valence electrons. The number of carboxylic acid groups (broad SMARTS) is 1. The van der Waals surface area contributed by atoms with Crippen LogP contribution in [0.15, 0.2) is 12.1 Å². The molecule has 5 aliphatic rings. The van der Waals surface area contributed by atoms with Crippen molar-refractivity contribution in [2.75, 3.05) is 13.7 Å². The molecule has 1 unspecified atom stereocenters. The maximum atomic E-state index is 15.2. The van der Waals surface area contributed by atoms with Crippen molar-refractivity contribution < 1.29 is 33.4 Å². The summed E-state index contributed by atoms with van der Waals surface area (Å²) in [6.07, 6.45) is 18.8. The number of halogens is 1. The second-order valence-electron chi connectivity index (χ2n) is 16.2. The molecule has 5 saturated carbocycles. The first-order valence-corrected chi connectivity index (χ1v) is 19.0. The molecular weight excluding hydrogens is 611 g/mol. The summed E-state index contributed by atoms with van der Waals surface area (Å²) in [7, 11) is 1.41. The highest BCUT2D eigenvalue weighted by atomic mass is 19.1. The van der Waals surface area contributed by atoms with Crippen LogP contribution in [0.4, 0.5) is 4.39 Å². The zero-order valence-electron chi connectivity index (χ0n) is 29.1. The van der Waals surface area contributed by atoms with Gasteiger partial charge in [-0.15, -0.1) is 0 Å². The van der Waals surface area contributed by atoms with E-state index in [1.54, 1.807) is 6.92 Å². The van der Waals surface area contributed by atoms with Gasteiger partial charge in [-0.1, -0.05) is 64.2 Å². The van der Waals surface area contributed by atoms with Gasteiger partial charge < -0.3 is 25.2 Å². The predicted molar refractivity (Wildman–Crippen MR) is 181 cm³/mol. The molecule has 0 heterocycles. The van der Waals surface area contributed by atoms with Crippen molar-refractivity contribution in [1.82, 2.24) is 10.6 Å². The molecule has 8 nitrogen and oxygen atoms in total. The molecular formula is C39H57FN2O6. The van der Waals surface area contributed by atoms with Gasteiger partial charge in [-0.25, -0.2) is 4.39 Å². The minimum atomic E-state index is -0.827. The highest BCUT2D eigenvalue weighted by Gasteiger charge is 2.51. The van der Waals surface area contributed by atoms with Gasteiger partial charge in [0.25, 0.3) is 5.91 Å². The van der Waals surface area contributed by atoms with E-state index in [1.165, 1.54) is 89.9 Å². The maximum Gasteiger partial charge on any atom is 0.309 e. The number of rotatable bonds is 12. The van der Waals surface area contributed by atoms with Crippen LogP contribution in [0.25, 0.3) is 0 Å². The van der Waals surface area contributed by atoms with Crippen LogP contribution in [0.1, 0.15) is 133 Å². The average Bonchev–Trinajstić information content (AvgIpc) is 3.71. The first-order valence-electron chi connectivity index (χ1n) is 19.0. The molecule has 2 bridgehead atoms. The minimum Gasteiger partial charge on any atom is -0.496 e. The summed E-state index contributed by atoms with van der Waals surface area (Å²) in [6.45, 7) is 2.46. The van der Waals surface area contributed by atoms with Crippen molar-refractivity contribution in [3.05, 3.63) is 23.5 Å². The summed E-state index contributed by atoms with van der Waals surface area (Å²) in [5.74, 6) is 0.482. The Morgan fingerprint density at radius 1 is 0.917 bits per heavy atom. The third-order valence-electron chi connectivity index (χ3n) is 13.1. The third-order valence-corrected chi connectivity index (χ3v) is 13.1. The van der Waals surface area contributed by atoms with Gasteiger partial charge in [0, 0.05) is 18.7 Å². The molecule has 5 atom stereocenters.